The molecule has 0 aliphatic carbocycles. The van der Waals surface area contributed by atoms with Crippen LogP contribution >= 0.6 is 0 Å². The van der Waals surface area contributed by atoms with Gasteiger partial charge in [0.15, 0.2) is 10.8 Å². The first-order valence-corrected chi connectivity index (χ1v) is 4.30. The molecule has 0 fully saturated rings. The van der Waals surface area contributed by atoms with Crippen molar-refractivity contribution in [1.82, 2.24) is 0 Å². The number of rotatable bonds is 0. The van der Waals surface area contributed by atoms with Gasteiger partial charge in [-0.2, -0.15) is 0 Å². The molecule has 0 bridgehead atoms. The Morgan fingerprint density at radius 1 is 0.714 bits per heavy atom. The minimum absolute atomic E-state index is 1.59. The van der Waals surface area contributed by atoms with Gasteiger partial charge in [-0.1, -0.05) is 0 Å². The van der Waals surface area contributed by atoms with E-state index in [1.807, 2.05) is 0 Å². The van der Waals surface area contributed by atoms with Gasteiger partial charge < -0.3 is 0 Å². The molecule has 1 nitrogen and oxygen atoms in total. The van der Waals surface area contributed by atoms with Gasteiger partial charge in [0.1, 0.15) is 0 Å². The number of terminal acetylenes is 2. The molecule has 0 saturated carbocycles. The predicted octanol–water partition coefficient (Wildman–Crippen LogP) is -0.0699. The number of hydrogen-bond acceptors (Lipinski definition) is 1. The van der Waals surface area contributed by atoms with Crippen molar-refractivity contribution in [2.45, 2.75) is 0 Å². The van der Waals surface area contributed by atoms with Gasteiger partial charge in [0.05, 0.1) is 0 Å². The van der Waals surface area contributed by atoms with E-state index in [0.717, 1.165) is 0 Å². The first-order chi connectivity index (χ1) is 6.81. The zero-order valence-corrected chi connectivity index (χ0v) is 7.79. The summed E-state index contributed by atoms with van der Waals surface area (Å²) in [4.78, 5) is 0. The van der Waals surface area contributed by atoms with Crippen molar-refractivity contribution in [3.63, 3.8) is 0 Å². The van der Waals surface area contributed by atoms with Crippen LogP contribution in [0.1, 0.15) is 0 Å². The summed E-state index contributed by atoms with van der Waals surface area (Å²) in [5, 5.41) is 4.51. The molecule has 2 heteroatoms. The van der Waals surface area contributed by atoms with E-state index in [4.69, 9.17) is 12.8 Å². The summed E-state index contributed by atoms with van der Waals surface area (Å²) in [5.74, 6) is 17.8. The second-order valence-corrected chi connectivity index (χ2v) is 2.46. The molecule has 0 aliphatic heterocycles. The largest absolute Gasteiger partial charge is 0.232 e. The Labute approximate surface area is 86.1 Å². The molecule has 0 aromatic carbocycles. The lowest BCUT2D eigenvalue weighted by molar-refractivity contribution is 0.694. The Bertz CT molecular complexity index is 500. The summed E-state index contributed by atoms with van der Waals surface area (Å²) in [6, 6.07) is 0. The smallest absolute Gasteiger partial charge is 0.177 e. The van der Waals surface area contributed by atoms with E-state index < -0.39 is 10.8 Å². The summed E-state index contributed by atoms with van der Waals surface area (Å²) in [6.07, 6.45) is 9.65. The van der Waals surface area contributed by atoms with Crippen LogP contribution in [0.5, 0.6) is 0 Å². The molecule has 0 atom stereocenters. The Kier molecular flexibility index (Phi) is 7.07. The zero-order valence-electron chi connectivity index (χ0n) is 6.97. The highest BCUT2D eigenvalue weighted by Gasteiger charge is 1.79. The molecule has 62 valence electrons. The average Bonchev–Trinajstić information content (AvgIpc) is 2.19. The lowest BCUT2D eigenvalue weighted by atomic mass is 10.6. The molecular formula is C12H2OS. The molecule has 0 radical (unpaired) electrons. The third kappa shape index (κ3) is 7.62. The second kappa shape index (κ2) is 8.61. The van der Waals surface area contributed by atoms with E-state index in [1.54, 1.807) is 0 Å². The van der Waals surface area contributed by atoms with E-state index in [9.17, 15) is 4.21 Å². The van der Waals surface area contributed by atoms with Crippen LogP contribution in [-0.2, 0) is 10.8 Å². The van der Waals surface area contributed by atoms with Crippen LogP contribution in [0.15, 0.2) is 0 Å². The van der Waals surface area contributed by atoms with Crippen molar-refractivity contribution >= 4 is 10.8 Å². The third-order valence-electron chi connectivity index (χ3n) is 0.682. The minimum atomic E-state index is -1.59. The summed E-state index contributed by atoms with van der Waals surface area (Å²) >= 11 is 0. The Morgan fingerprint density at radius 3 is 1.50 bits per heavy atom. The molecule has 0 rings (SSSR count). The van der Waals surface area contributed by atoms with Crippen molar-refractivity contribution in [3.8, 4) is 70.7 Å². The monoisotopic (exact) mass is 194 g/mol. The first-order valence-electron chi connectivity index (χ1n) is 3.15. The van der Waals surface area contributed by atoms with E-state index in [2.05, 4.69) is 57.9 Å². The quantitative estimate of drug-likeness (QED) is 0.493. The SMILES string of the molecule is C#CC#CC#CS(=O)C#CC#CC#C. The maximum Gasteiger partial charge on any atom is 0.177 e. The van der Waals surface area contributed by atoms with Crippen molar-refractivity contribution in [2.75, 3.05) is 0 Å². The lowest BCUT2D eigenvalue weighted by Crippen LogP contribution is -1.75. The summed E-state index contributed by atoms with van der Waals surface area (Å²) in [5.41, 5.74) is 0. The third-order valence-corrected chi connectivity index (χ3v) is 1.26. The van der Waals surface area contributed by atoms with Crippen molar-refractivity contribution in [3.05, 3.63) is 0 Å². The first kappa shape index (κ1) is 11.5. The fraction of sp³-hybridized carbons (Fsp3) is 0. The van der Waals surface area contributed by atoms with E-state index >= 15 is 0 Å². The van der Waals surface area contributed by atoms with Gasteiger partial charge in [-0.25, -0.2) is 4.21 Å². The Balaban J connectivity index is 4.37. The van der Waals surface area contributed by atoms with Gasteiger partial charge in [-0.05, 0) is 35.5 Å². The molecule has 14 heavy (non-hydrogen) atoms. The second-order valence-electron chi connectivity index (χ2n) is 1.51. The van der Waals surface area contributed by atoms with E-state index in [1.165, 1.54) is 0 Å². The maximum atomic E-state index is 10.9. The van der Waals surface area contributed by atoms with Gasteiger partial charge in [0, 0.05) is 22.3 Å². The lowest BCUT2D eigenvalue weighted by Gasteiger charge is -1.67. The summed E-state index contributed by atoms with van der Waals surface area (Å²) in [7, 11) is -1.59. The maximum absolute atomic E-state index is 10.9. The number of hydrogen-bond donors (Lipinski definition) is 0. The van der Waals surface area contributed by atoms with Crippen LogP contribution in [-0.4, -0.2) is 4.21 Å². The summed E-state index contributed by atoms with van der Waals surface area (Å²) in [6.45, 7) is 0. The highest BCUT2D eigenvalue weighted by Crippen LogP contribution is 1.71. The molecule has 0 spiro atoms. The van der Waals surface area contributed by atoms with Crippen LogP contribution in [0.4, 0.5) is 0 Å². The van der Waals surface area contributed by atoms with E-state index in [0.29, 0.717) is 0 Å². The van der Waals surface area contributed by atoms with Gasteiger partial charge in [0.25, 0.3) is 0 Å². The Hall–Kier alpha value is -2.49. The fourth-order valence-corrected chi connectivity index (χ4v) is 0.642. The topological polar surface area (TPSA) is 17.1 Å². The van der Waals surface area contributed by atoms with Gasteiger partial charge in [0.2, 0.25) is 0 Å². The molecule has 0 aromatic heterocycles. The molecule has 0 aromatic rings. The summed E-state index contributed by atoms with van der Waals surface area (Å²) < 4.78 is 10.9. The van der Waals surface area contributed by atoms with Crippen LogP contribution in [0.2, 0.25) is 0 Å². The molecule has 0 amide bonds. The fourth-order valence-electron chi connectivity index (χ4n) is 0.304. The molecule has 0 saturated heterocycles. The van der Waals surface area contributed by atoms with Crippen molar-refractivity contribution < 1.29 is 4.21 Å². The predicted molar refractivity (Wildman–Crippen MR) is 56.9 cm³/mol. The van der Waals surface area contributed by atoms with Crippen molar-refractivity contribution in [1.29, 1.82) is 0 Å². The molecule has 0 aliphatic rings. The van der Waals surface area contributed by atoms with Crippen LogP contribution in [0.3, 0.4) is 0 Å². The molecule has 0 unspecified atom stereocenters. The normalized spacial score (nSPS) is 5.07. The van der Waals surface area contributed by atoms with E-state index in [-0.39, 0.29) is 0 Å². The van der Waals surface area contributed by atoms with Gasteiger partial charge in [-0.3, -0.25) is 0 Å². The molecule has 0 N–H and O–H groups in total. The van der Waals surface area contributed by atoms with Gasteiger partial charge >= 0.3 is 0 Å². The Morgan fingerprint density at radius 2 is 1.14 bits per heavy atom. The standard InChI is InChI=1S/C12H2OS/c1-3-5-7-9-11-14(13)12-10-8-6-4-2/h1-2H. The van der Waals surface area contributed by atoms with Crippen LogP contribution in [0.25, 0.3) is 0 Å². The van der Waals surface area contributed by atoms with Crippen LogP contribution in [0, 0.1) is 70.7 Å². The highest BCUT2D eigenvalue weighted by molar-refractivity contribution is 7.94. The van der Waals surface area contributed by atoms with Crippen molar-refractivity contribution in [2.24, 2.45) is 0 Å². The zero-order chi connectivity index (χ0) is 10.6. The highest BCUT2D eigenvalue weighted by atomic mass is 32.2. The minimum Gasteiger partial charge on any atom is -0.232 e. The van der Waals surface area contributed by atoms with Crippen LogP contribution < -0.4 is 0 Å². The van der Waals surface area contributed by atoms with Gasteiger partial charge in [-0.15, -0.1) is 12.8 Å². The molecule has 0 heterocycles. The molecular weight excluding hydrogens is 192 g/mol. The average molecular weight is 194 g/mol.